The highest BCUT2D eigenvalue weighted by atomic mass is 16.1. The largest absolute Gasteiger partial charge is 0.363 e. The van der Waals surface area contributed by atoms with Crippen molar-refractivity contribution in [3.05, 3.63) is 46.2 Å². The third-order valence-electron chi connectivity index (χ3n) is 5.13. The first-order valence-electron chi connectivity index (χ1n) is 8.90. The number of nitrogens with one attached hydrogen (secondary N) is 1. The molecule has 3 N–H and O–H groups in total. The number of aromatic nitrogens is 3. The molecule has 0 bridgehead atoms. The molecule has 0 unspecified atom stereocenters. The van der Waals surface area contributed by atoms with Crippen molar-refractivity contribution in [2.24, 2.45) is 5.73 Å². The monoisotopic (exact) mass is 354 g/mol. The molecular formula is C19H26N6O. The number of nitrogens with two attached hydrogens (primary N) is 1. The fourth-order valence-electron chi connectivity index (χ4n) is 3.40. The summed E-state index contributed by atoms with van der Waals surface area (Å²) >= 11 is 0. The Kier molecular flexibility index (Phi) is 5.18. The van der Waals surface area contributed by atoms with Crippen molar-refractivity contribution in [3.63, 3.8) is 0 Å². The fourth-order valence-corrected chi connectivity index (χ4v) is 3.40. The van der Waals surface area contributed by atoms with Gasteiger partial charge >= 0.3 is 0 Å². The Morgan fingerprint density at radius 3 is 2.58 bits per heavy atom. The number of amides is 1. The number of carbonyl (C=O) groups is 1. The maximum atomic E-state index is 11.5. The van der Waals surface area contributed by atoms with Gasteiger partial charge in [-0.2, -0.15) is 0 Å². The molecule has 2 aromatic heterocycles. The standard InChI is InChI=1S/C19H26N6O/c1-11-7-21-8-12(2)16(11)9-22-15-5-6-25(10-15)19-13(3)14(4)23-18(24-19)17(20)26/h7-8,15,22H,5-6,9-10H2,1-4H3,(H2,20,26)/t15-/m1/s1. The number of carbonyl (C=O) groups excluding carboxylic acids is 1. The molecule has 7 nitrogen and oxygen atoms in total. The maximum Gasteiger partial charge on any atom is 0.286 e. The lowest BCUT2D eigenvalue weighted by atomic mass is 10.1. The van der Waals surface area contributed by atoms with Crippen LogP contribution >= 0.6 is 0 Å². The average Bonchev–Trinajstić information content (AvgIpc) is 3.05. The molecule has 7 heteroatoms. The van der Waals surface area contributed by atoms with E-state index in [0.29, 0.717) is 6.04 Å². The second-order valence-electron chi connectivity index (χ2n) is 7.01. The Bertz CT molecular complexity index is 815. The second-order valence-corrected chi connectivity index (χ2v) is 7.01. The van der Waals surface area contributed by atoms with Crippen LogP contribution in [-0.2, 0) is 6.54 Å². The summed E-state index contributed by atoms with van der Waals surface area (Å²) in [6.45, 7) is 10.6. The zero-order valence-corrected chi connectivity index (χ0v) is 15.8. The van der Waals surface area contributed by atoms with E-state index in [0.717, 1.165) is 43.1 Å². The second kappa shape index (κ2) is 7.37. The number of anilines is 1. The summed E-state index contributed by atoms with van der Waals surface area (Å²) in [5, 5.41) is 3.65. The van der Waals surface area contributed by atoms with E-state index in [2.05, 4.69) is 39.0 Å². The molecule has 0 aromatic carbocycles. The normalized spacial score (nSPS) is 16.9. The van der Waals surface area contributed by atoms with Crippen LogP contribution in [0.3, 0.4) is 0 Å². The Labute approximate surface area is 154 Å². The zero-order chi connectivity index (χ0) is 18.8. The van der Waals surface area contributed by atoms with Gasteiger partial charge in [0.1, 0.15) is 5.82 Å². The summed E-state index contributed by atoms with van der Waals surface area (Å²) in [7, 11) is 0. The quantitative estimate of drug-likeness (QED) is 0.846. The number of nitrogens with zero attached hydrogens (tertiary/aromatic N) is 4. The number of aryl methyl sites for hydroxylation is 3. The third-order valence-corrected chi connectivity index (χ3v) is 5.13. The van der Waals surface area contributed by atoms with Gasteiger partial charge < -0.3 is 16.0 Å². The van der Waals surface area contributed by atoms with E-state index in [1.807, 2.05) is 26.2 Å². The summed E-state index contributed by atoms with van der Waals surface area (Å²) in [6, 6.07) is 0.369. The van der Waals surface area contributed by atoms with Gasteiger partial charge in [0, 0.05) is 49.3 Å². The van der Waals surface area contributed by atoms with Crippen LogP contribution in [0.25, 0.3) is 0 Å². The van der Waals surface area contributed by atoms with Crippen LogP contribution in [0.2, 0.25) is 0 Å². The Morgan fingerprint density at radius 1 is 1.23 bits per heavy atom. The van der Waals surface area contributed by atoms with E-state index in [1.54, 1.807) is 0 Å². The van der Waals surface area contributed by atoms with Crippen molar-refractivity contribution in [3.8, 4) is 0 Å². The minimum Gasteiger partial charge on any atom is -0.363 e. The Morgan fingerprint density at radius 2 is 1.92 bits per heavy atom. The molecule has 1 atom stereocenters. The van der Waals surface area contributed by atoms with Gasteiger partial charge in [-0.05, 0) is 50.8 Å². The highest BCUT2D eigenvalue weighted by Gasteiger charge is 2.26. The van der Waals surface area contributed by atoms with Crippen molar-refractivity contribution in [2.45, 2.75) is 46.7 Å². The molecule has 0 aliphatic carbocycles. The first kappa shape index (κ1) is 18.3. The molecule has 138 valence electrons. The first-order chi connectivity index (χ1) is 12.4. The highest BCUT2D eigenvalue weighted by Crippen LogP contribution is 2.24. The molecule has 0 saturated carbocycles. The van der Waals surface area contributed by atoms with Gasteiger partial charge in [-0.1, -0.05) is 0 Å². The SMILES string of the molecule is Cc1cncc(C)c1CN[C@@H]1CCN(c2nc(C(N)=O)nc(C)c2C)C1. The smallest absolute Gasteiger partial charge is 0.286 e. The average molecular weight is 354 g/mol. The summed E-state index contributed by atoms with van der Waals surface area (Å²) in [5.41, 5.74) is 10.9. The number of hydrogen-bond acceptors (Lipinski definition) is 6. The van der Waals surface area contributed by atoms with E-state index in [-0.39, 0.29) is 5.82 Å². The van der Waals surface area contributed by atoms with Crippen molar-refractivity contribution >= 4 is 11.7 Å². The lowest BCUT2D eigenvalue weighted by Crippen LogP contribution is -2.33. The summed E-state index contributed by atoms with van der Waals surface area (Å²) in [6.07, 6.45) is 4.84. The zero-order valence-electron chi connectivity index (χ0n) is 15.8. The highest BCUT2D eigenvalue weighted by molar-refractivity contribution is 5.89. The van der Waals surface area contributed by atoms with E-state index in [1.165, 1.54) is 16.7 Å². The molecule has 0 spiro atoms. The van der Waals surface area contributed by atoms with Crippen molar-refractivity contribution in [1.82, 2.24) is 20.3 Å². The van der Waals surface area contributed by atoms with Crippen LogP contribution in [0.15, 0.2) is 12.4 Å². The van der Waals surface area contributed by atoms with Crippen LogP contribution in [-0.4, -0.2) is 40.0 Å². The molecule has 3 rings (SSSR count). The van der Waals surface area contributed by atoms with Crippen LogP contribution in [0.5, 0.6) is 0 Å². The fraction of sp³-hybridized carbons (Fsp3) is 0.474. The number of rotatable bonds is 5. The number of primary amides is 1. The lowest BCUT2D eigenvalue weighted by molar-refractivity contribution is 0.0990. The van der Waals surface area contributed by atoms with Gasteiger partial charge in [0.05, 0.1) is 0 Å². The van der Waals surface area contributed by atoms with Gasteiger partial charge in [-0.25, -0.2) is 9.97 Å². The minimum atomic E-state index is -0.591. The number of hydrogen-bond donors (Lipinski definition) is 2. The lowest BCUT2D eigenvalue weighted by Gasteiger charge is -2.21. The van der Waals surface area contributed by atoms with E-state index in [4.69, 9.17) is 5.73 Å². The van der Waals surface area contributed by atoms with Gasteiger partial charge in [-0.3, -0.25) is 9.78 Å². The third kappa shape index (κ3) is 3.67. The molecule has 26 heavy (non-hydrogen) atoms. The molecule has 1 fully saturated rings. The minimum absolute atomic E-state index is 0.0857. The van der Waals surface area contributed by atoms with Crippen LogP contribution in [0.1, 0.15) is 45.0 Å². The Balaban J connectivity index is 1.70. The molecule has 1 saturated heterocycles. The predicted octanol–water partition coefficient (Wildman–Crippen LogP) is 1.57. The molecule has 2 aromatic rings. The van der Waals surface area contributed by atoms with Crippen LogP contribution < -0.4 is 16.0 Å². The molecular weight excluding hydrogens is 328 g/mol. The molecule has 1 aliphatic heterocycles. The molecule has 1 amide bonds. The van der Waals surface area contributed by atoms with E-state index < -0.39 is 5.91 Å². The topological polar surface area (TPSA) is 97.0 Å². The molecule has 0 radical (unpaired) electrons. The molecule has 1 aliphatic rings. The van der Waals surface area contributed by atoms with Gasteiger partial charge in [0.25, 0.3) is 5.91 Å². The van der Waals surface area contributed by atoms with Crippen molar-refractivity contribution < 1.29 is 4.79 Å². The summed E-state index contributed by atoms with van der Waals surface area (Å²) in [5.74, 6) is 0.307. The van der Waals surface area contributed by atoms with Gasteiger partial charge in [-0.15, -0.1) is 0 Å². The Hall–Kier alpha value is -2.54. The van der Waals surface area contributed by atoms with Gasteiger partial charge in [0.15, 0.2) is 0 Å². The number of pyridine rings is 1. The summed E-state index contributed by atoms with van der Waals surface area (Å²) < 4.78 is 0. The van der Waals surface area contributed by atoms with Gasteiger partial charge in [0.2, 0.25) is 5.82 Å². The predicted molar refractivity (Wildman–Crippen MR) is 101 cm³/mol. The van der Waals surface area contributed by atoms with E-state index >= 15 is 0 Å². The first-order valence-corrected chi connectivity index (χ1v) is 8.90. The van der Waals surface area contributed by atoms with Crippen molar-refractivity contribution in [2.75, 3.05) is 18.0 Å². The molecule has 3 heterocycles. The van der Waals surface area contributed by atoms with E-state index in [9.17, 15) is 4.79 Å². The van der Waals surface area contributed by atoms with Crippen molar-refractivity contribution in [1.29, 1.82) is 0 Å². The van der Waals surface area contributed by atoms with Crippen LogP contribution in [0.4, 0.5) is 5.82 Å². The van der Waals surface area contributed by atoms with Crippen LogP contribution in [0, 0.1) is 27.7 Å². The maximum absolute atomic E-state index is 11.5. The summed E-state index contributed by atoms with van der Waals surface area (Å²) in [4.78, 5) is 26.5.